The van der Waals surface area contributed by atoms with Crippen molar-refractivity contribution >= 4 is 27.5 Å². The Bertz CT molecular complexity index is 345. The first kappa shape index (κ1) is 10.5. The van der Waals surface area contributed by atoms with Gasteiger partial charge in [0, 0.05) is 4.47 Å². The molecule has 1 aromatic carbocycles. The van der Waals surface area contributed by atoms with E-state index in [4.69, 9.17) is 11.6 Å². The van der Waals surface area contributed by atoms with Crippen LogP contribution in [0.5, 0.6) is 0 Å². The van der Waals surface area contributed by atoms with E-state index in [2.05, 4.69) is 15.9 Å². The SMILES string of the molecule is OC1(c2ccc(Cl)c(Br)c2)CCCC1. The molecule has 0 unspecified atom stereocenters. The first-order chi connectivity index (χ1) is 6.62. The topological polar surface area (TPSA) is 20.2 Å². The van der Waals surface area contributed by atoms with Crippen LogP contribution in [0.1, 0.15) is 31.2 Å². The second-order valence-corrected chi connectivity index (χ2v) is 5.13. The van der Waals surface area contributed by atoms with Crippen molar-refractivity contribution in [3.63, 3.8) is 0 Å². The van der Waals surface area contributed by atoms with Crippen LogP contribution in [0.25, 0.3) is 0 Å². The Kier molecular flexibility index (Phi) is 2.87. The van der Waals surface area contributed by atoms with Gasteiger partial charge >= 0.3 is 0 Å². The van der Waals surface area contributed by atoms with Gasteiger partial charge in [-0.2, -0.15) is 0 Å². The molecule has 0 radical (unpaired) electrons. The van der Waals surface area contributed by atoms with Gasteiger partial charge in [0.25, 0.3) is 0 Å². The van der Waals surface area contributed by atoms with Crippen molar-refractivity contribution in [2.45, 2.75) is 31.3 Å². The molecule has 14 heavy (non-hydrogen) atoms. The fraction of sp³-hybridized carbons (Fsp3) is 0.455. The van der Waals surface area contributed by atoms with E-state index in [1.54, 1.807) is 0 Å². The monoisotopic (exact) mass is 274 g/mol. The summed E-state index contributed by atoms with van der Waals surface area (Å²) in [5, 5.41) is 11.0. The van der Waals surface area contributed by atoms with Crippen LogP contribution in [0.15, 0.2) is 22.7 Å². The Labute approximate surface area is 97.2 Å². The normalized spacial score (nSPS) is 19.9. The Balaban J connectivity index is 2.36. The standard InChI is InChI=1S/C11H12BrClO/c12-9-7-8(3-4-10(9)13)11(14)5-1-2-6-11/h3-4,7,14H,1-2,5-6H2. The van der Waals surface area contributed by atoms with Crippen molar-refractivity contribution in [2.75, 3.05) is 0 Å². The lowest BCUT2D eigenvalue weighted by Crippen LogP contribution is -2.20. The highest BCUT2D eigenvalue weighted by Crippen LogP contribution is 2.40. The van der Waals surface area contributed by atoms with E-state index in [1.165, 1.54) is 0 Å². The fourth-order valence-electron chi connectivity index (χ4n) is 2.03. The molecule has 1 nitrogen and oxygen atoms in total. The van der Waals surface area contributed by atoms with E-state index < -0.39 is 5.60 Å². The van der Waals surface area contributed by atoms with Gasteiger partial charge in [0.15, 0.2) is 0 Å². The molecular formula is C11H12BrClO. The van der Waals surface area contributed by atoms with E-state index >= 15 is 0 Å². The molecule has 3 heteroatoms. The Hall–Kier alpha value is -0.0500. The second kappa shape index (κ2) is 3.84. The number of aliphatic hydroxyl groups is 1. The lowest BCUT2D eigenvalue weighted by molar-refractivity contribution is 0.0444. The highest BCUT2D eigenvalue weighted by molar-refractivity contribution is 9.10. The summed E-state index contributed by atoms with van der Waals surface area (Å²) in [7, 11) is 0. The number of hydrogen-bond donors (Lipinski definition) is 1. The smallest absolute Gasteiger partial charge is 0.0897 e. The van der Waals surface area contributed by atoms with E-state index in [1.807, 2.05) is 18.2 Å². The largest absolute Gasteiger partial charge is 0.385 e. The van der Waals surface area contributed by atoms with Gasteiger partial charge < -0.3 is 5.11 Å². The molecule has 0 aromatic heterocycles. The first-order valence-electron chi connectivity index (χ1n) is 4.80. The van der Waals surface area contributed by atoms with Gasteiger partial charge in [-0.3, -0.25) is 0 Å². The molecule has 1 saturated carbocycles. The summed E-state index contributed by atoms with van der Waals surface area (Å²) >= 11 is 9.28. The molecule has 0 atom stereocenters. The summed E-state index contributed by atoms with van der Waals surface area (Å²) in [5.41, 5.74) is 0.360. The minimum atomic E-state index is -0.618. The van der Waals surface area contributed by atoms with Crippen LogP contribution >= 0.6 is 27.5 Å². The highest BCUT2D eigenvalue weighted by atomic mass is 79.9. The summed E-state index contributed by atoms with van der Waals surface area (Å²) in [5.74, 6) is 0. The molecule has 1 fully saturated rings. The lowest BCUT2D eigenvalue weighted by Gasteiger charge is -2.22. The zero-order valence-electron chi connectivity index (χ0n) is 7.76. The summed E-state index contributed by atoms with van der Waals surface area (Å²) in [6, 6.07) is 5.67. The summed E-state index contributed by atoms with van der Waals surface area (Å²) in [4.78, 5) is 0. The van der Waals surface area contributed by atoms with Crippen molar-refractivity contribution in [2.24, 2.45) is 0 Å². The second-order valence-electron chi connectivity index (χ2n) is 3.87. The molecular weight excluding hydrogens is 263 g/mol. The van der Waals surface area contributed by atoms with E-state index in [0.717, 1.165) is 35.7 Å². The van der Waals surface area contributed by atoms with Gasteiger partial charge in [0.05, 0.1) is 10.6 Å². The highest BCUT2D eigenvalue weighted by Gasteiger charge is 2.33. The molecule has 0 spiro atoms. The molecule has 1 aromatic rings. The lowest BCUT2D eigenvalue weighted by atomic mass is 9.92. The summed E-state index contributed by atoms with van der Waals surface area (Å²) in [6.07, 6.45) is 3.94. The van der Waals surface area contributed by atoms with Crippen molar-refractivity contribution in [1.29, 1.82) is 0 Å². The van der Waals surface area contributed by atoms with Crippen LogP contribution in [-0.4, -0.2) is 5.11 Å². The first-order valence-corrected chi connectivity index (χ1v) is 5.97. The molecule has 76 valence electrons. The van der Waals surface area contributed by atoms with E-state index in [9.17, 15) is 5.11 Å². The Morgan fingerprint density at radius 3 is 2.50 bits per heavy atom. The van der Waals surface area contributed by atoms with Crippen LogP contribution in [0.2, 0.25) is 5.02 Å². The van der Waals surface area contributed by atoms with Gasteiger partial charge in [-0.25, -0.2) is 0 Å². The third-order valence-corrected chi connectivity index (χ3v) is 4.10. The number of hydrogen-bond acceptors (Lipinski definition) is 1. The molecule has 0 amide bonds. The fourth-order valence-corrected chi connectivity index (χ4v) is 2.53. The van der Waals surface area contributed by atoms with Gasteiger partial charge in [-0.1, -0.05) is 30.5 Å². The van der Waals surface area contributed by atoms with Crippen molar-refractivity contribution in [3.8, 4) is 0 Å². The maximum absolute atomic E-state index is 10.3. The van der Waals surface area contributed by atoms with Crippen LogP contribution in [0, 0.1) is 0 Å². The van der Waals surface area contributed by atoms with Gasteiger partial charge in [0.1, 0.15) is 0 Å². The molecule has 1 N–H and O–H groups in total. The van der Waals surface area contributed by atoms with E-state index in [-0.39, 0.29) is 0 Å². The number of rotatable bonds is 1. The minimum Gasteiger partial charge on any atom is -0.385 e. The maximum atomic E-state index is 10.3. The predicted octanol–water partition coefficient (Wildman–Crippen LogP) is 3.86. The third kappa shape index (κ3) is 1.83. The van der Waals surface area contributed by atoms with Gasteiger partial charge in [-0.15, -0.1) is 0 Å². The number of halogens is 2. The Morgan fingerprint density at radius 2 is 1.93 bits per heavy atom. The van der Waals surface area contributed by atoms with Crippen LogP contribution < -0.4 is 0 Å². The van der Waals surface area contributed by atoms with Crippen LogP contribution in [0.4, 0.5) is 0 Å². The predicted molar refractivity (Wildman–Crippen MR) is 61.5 cm³/mol. The molecule has 0 heterocycles. The minimum absolute atomic E-state index is 0.618. The molecule has 0 bridgehead atoms. The van der Waals surface area contributed by atoms with Crippen molar-refractivity contribution in [3.05, 3.63) is 33.3 Å². The van der Waals surface area contributed by atoms with Crippen molar-refractivity contribution < 1.29 is 5.11 Å². The number of benzene rings is 1. The molecule has 0 aliphatic heterocycles. The zero-order chi connectivity index (χ0) is 10.2. The average Bonchev–Trinajstić information content (AvgIpc) is 2.58. The van der Waals surface area contributed by atoms with Crippen LogP contribution in [0.3, 0.4) is 0 Å². The summed E-state index contributed by atoms with van der Waals surface area (Å²) in [6.45, 7) is 0. The van der Waals surface area contributed by atoms with E-state index in [0.29, 0.717) is 5.02 Å². The van der Waals surface area contributed by atoms with Gasteiger partial charge in [-0.05, 0) is 46.5 Å². The molecule has 0 saturated heterocycles. The maximum Gasteiger partial charge on any atom is 0.0897 e. The third-order valence-electron chi connectivity index (χ3n) is 2.89. The zero-order valence-corrected chi connectivity index (χ0v) is 10.1. The molecule has 1 aliphatic carbocycles. The van der Waals surface area contributed by atoms with Crippen LogP contribution in [-0.2, 0) is 5.60 Å². The summed E-state index contributed by atoms with van der Waals surface area (Å²) < 4.78 is 0.858. The average molecular weight is 276 g/mol. The Morgan fingerprint density at radius 1 is 1.29 bits per heavy atom. The van der Waals surface area contributed by atoms with Gasteiger partial charge in [0.2, 0.25) is 0 Å². The molecule has 1 aliphatic rings. The quantitative estimate of drug-likeness (QED) is 0.825. The van der Waals surface area contributed by atoms with Crippen molar-refractivity contribution in [1.82, 2.24) is 0 Å². The molecule has 2 rings (SSSR count).